The molecule has 1 aromatic heterocycles. The first-order valence-electron chi connectivity index (χ1n) is 9.49. The molecular formula is C21H26N2O4. The summed E-state index contributed by atoms with van der Waals surface area (Å²) in [5.41, 5.74) is 1.49. The largest absolute Gasteiger partial charge is 0.393 e. The van der Waals surface area contributed by atoms with E-state index < -0.39 is 24.4 Å². The van der Waals surface area contributed by atoms with Gasteiger partial charge in [-0.25, -0.2) is 0 Å². The second kappa shape index (κ2) is 6.78. The predicted molar refractivity (Wildman–Crippen MR) is 102 cm³/mol. The Hall–Kier alpha value is -2.15. The Morgan fingerprint density at radius 1 is 1.37 bits per heavy atom. The van der Waals surface area contributed by atoms with Crippen LogP contribution in [0.4, 0.5) is 0 Å². The molecule has 0 bridgehead atoms. The third-order valence-electron chi connectivity index (χ3n) is 6.30. The summed E-state index contributed by atoms with van der Waals surface area (Å²) in [6.45, 7) is 1.63. The molecule has 4 atom stereocenters. The van der Waals surface area contributed by atoms with Crippen LogP contribution in [0.1, 0.15) is 25.3 Å². The van der Waals surface area contributed by atoms with Crippen molar-refractivity contribution in [3.05, 3.63) is 47.8 Å². The molecule has 2 aliphatic rings. The van der Waals surface area contributed by atoms with Crippen molar-refractivity contribution in [2.75, 3.05) is 13.2 Å². The zero-order valence-corrected chi connectivity index (χ0v) is 15.4. The smallest absolute Gasteiger partial charge is 0.157 e. The number of aromatic nitrogens is 1. The lowest BCUT2D eigenvalue weighted by Crippen LogP contribution is -2.54. The van der Waals surface area contributed by atoms with E-state index in [-0.39, 0.29) is 11.7 Å². The number of aromatic amines is 1. The van der Waals surface area contributed by atoms with Crippen molar-refractivity contribution < 1.29 is 20.1 Å². The number of rotatable bonds is 5. The summed E-state index contributed by atoms with van der Waals surface area (Å²) in [6.07, 6.45) is 4.48. The van der Waals surface area contributed by atoms with E-state index in [1.54, 1.807) is 11.1 Å². The minimum absolute atomic E-state index is 0.0452. The first kappa shape index (κ1) is 18.2. The van der Waals surface area contributed by atoms with Gasteiger partial charge < -0.3 is 25.2 Å². The first-order chi connectivity index (χ1) is 12.9. The Balaban J connectivity index is 1.60. The number of hydrogen-bond acceptors (Lipinski definition) is 5. The third kappa shape index (κ3) is 2.98. The number of H-pyrrole nitrogens is 1. The topological polar surface area (TPSA) is 96.8 Å². The monoisotopic (exact) mass is 370 g/mol. The van der Waals surface area contributed by atoms with Gasteiger partial charge in [-0.2, -0.15) is 0 Å². The van der Waals surface area contributed by atoms with E-state index in [0.717, 1.165) is 16.5 Å². The highest BCUT2D eigenvalue weighted by atomic mass is 16.3. The van der Waals surface area contributed by atoms with Crippen molar-refractivity contribution in [3.63, 3.8) is 0 Å². The third-order valence-corrected chi connectivity index (χ3v) is 6.30. The molecule has 144 valence electrons. The Kier molecular flexibility index (Phi) is 4.58. The summed E-state index contributed by atoms with van der Waals surface area (Å²) >= 11 is 0. The van der Waals surface area contributed by atoms with Crippen molar-refractivity contribution >= 4 is 16.7 Å². The highest BCUT2D eigenvalue weighted by molar-refractivity contribution is 5.94. The fourth-order valence-corrected chi connectivity index (χ4v) is 4.84. The molecule has 0 amide bonds. The number of Topliss-reactive ketones (excluding diaryl/α,β-unsaturated/α-hetero) is 1. The van der Waals surface area contributed by atoms with Gasteiger partial charge in [-0.05, 0) is 43.7 Å². The zero-order chi connectivity index (χ0) is 19.2. The van der Waals surface area contributed by atoms with Gasteiger partial charge in [0.1, 0.15) is 6.23 Å². The second-order valence-corrected chi connectivity index (χ2v) is 7.83. The highest BCUT2D eigenvalue weighted by Gasteiger charge is 2.55. The van der Waals surface area contributed by atoms with E-state index >= 15 is 0 Å². The lowest BCUT2D eigenvalue weighted by Gasteiger charge is -2.44. The van der Waals surface area contributed by atoms with Crippen LogP contribution in [0.2, 0.25) is 0 Å². The van der Waals surface area contributed by atoms with Crippen LogP contribution in [0.15, 0.2) is 42.2 Å². The van der Waals surface area contributed by atoms with E-state index in [1.165, 1.54) is 6.92 Å². The molecule has 1 aliphatic heterocycles. The van der Waals surface area contributed by atoms with Gasteiger partial charge >= 0.3 is 0 Å². The quantitative estimate of drug-likeness (QED) is 0.641. The molecule has 2 aromatic rings. The summed E-state index contributed by atoms with van der Waals surface area (Å²) in [6, 6.07) is 8.05. The van der Waals surface area contributed by atoms with Gasteiger partial charge in [-0.15, -0.1) is 0 Å². The van der Waals surface area contributed by atoms with E-state index in [4.69, 9.17) is 0 Å². The Morgan fingerprint density at radius 3 is 2.89 bits per heavy atom. The van der Waals surface area contributed by atoms with Crippen LogP contribution < -0.4 is 0 Å². The van der Waals surface area contributed by atoms with Crippen LogP contribution in [-0.4, -0.2) is 56.0 Å². The number of hydrogen-bond donors (Lipinski definition) is 4. The number of aliphatic hydroxyl groups excluding tert-OH is 2. The number of ketones is 1. The number of nitrogens with zero attached hydrogens (tertiary/aromatic N) is 1. The van der Waals surface area contributed by atoms with Crippen LogP contribution >= 0.6 is 0 Å². The lowest BCUT2D eigenvalue weighted by atomic mass is 9.77. The van der Waals surface area contributed by atoms with E-state index in [2.05, 4.69) is 11.1 Å². The fourth-order valence-electron chi connectivity index (χ4n) is 4.84. The fraction of sp³-hybridized carbons (Fsp3) is 0.476. The van der Waals surface area contributed by atoms with Gasteiger partial charge in [0.25, 0.3) is 0 Å². The minimum atomic E-state index is -1.35. The zero-order valence-electron chi connectivity index (χ0n) is 15.4. The SMILES string of the molecule is CC(=O)C1=CN(CCc2c[nH]c3ccccc23)C(O)[C@H]2[C@@H]1CCC2(O)CO. The molecule has 27 heavy (non-hydrogen) atoms. The van der Waals surface area contributed by atoms with Gasteiger partial charge in [-0.3, -0.25) is 4.79 Å². The lowest BCUT2D eigenvalue weighted by molar-refractivity contribution is -0.136. The Bertz CT molecular complexity index is 889. The van der Waals surface area contributed by atoms with Crippen molar-refractivity contribution in [1.29, 1.82) is 0 Å². The van der Waals surface area contributed by atoms with E-state index in [9.17, 15) is 20.1 Å². The standard InChI is InChI=1S/C21H26N2O4/c1-13(25)17-11-23(20(26)19-16(17)6-8-21(19,27)12-24)9-7-14-10-22-18-5-3-2-4-15(14)18/h2-5,10-11,16,19-20,22,24,26-27H,6-9,12H2,1H3/t16-,19-,20?,21?/m1/s1. The number of carbonyl (C=O) groups excluding carboxylic acids is 1. The Labute approximate surface area is 158 Å². The molecule has 1 saturated carbocycles. The summed E-state index contributed by atoms with van der Waals surface area (Å²) < 4.78 is 0. The van der Waals surface area contributed by atoms with Crippen LogP contribution in [0.5, 0.6) is 0 Å². The molecule has 2 heterocycles. The molecule has 0 radical (unpaired) electrons. The maximum Gasteiger partial charge on any atom is 0.157 e. The molecule has 1 aliphatic carbocycles. The Morgan fingerprint density at radius 2 is 2.15 bits per heavy atom. The number of carbonyl (C=O) groups is 1. The van der Waals surface area contributed by atoms with Gasteiger partial charge in [0, 0.05) is 41.3 Å². The molecule has 2 unspecified atom stereocenters. The first-order valence-corrected chi connectivity index (χ1v) is 9.49. The van der Waals surface area contributed by atoms with Crippen molar-refractivity contribution in [2.45, 2.75) is 38.0 Å². The van der Waals surface area contributed by atoms with Gasteiger partial charge in [0.15, 0.2) is 5.78 Å². The number of allylic oxidation sites excluding steroid dienone is 1. The molecule has 6 heteroatoms. The highest BCUT2D eigenvalue weighted by Crippen LogP contribution is 2.48. The summed E-state index contributed by atoms with van der Waals surface area (Å²) in [4.78, 5) is 17.2. The van der Waals surface area contributed by atoms with Crippen LogP contribution in [0, 0.1) is 11.8 Å². The predicted octanol–water partition coefficient (Wildman–Crippen LogP) is 1.57. The molecule has 0 spiro atoms. The van der Waals surface area contributed by atoms with Crippen molar-refractivity contribution in [2.24, 2.45) is 11.8 Å². The van der Waals surface area contributed by atoms with Crippen molar-refractivity contribution in [3.8, 4) is 0 Å². The number of aliphatic hydroxyl groups is 3. The molecule has 6 nitrogen and oxygen atoms in total. The molecule has 0 saturated heterocycles. The summed E-state index contributed by atoms with van der Waals surface area (Å²) in [7, 11) is 0. The van der Waals surface area contributed by atoms with Gasteiger partial charge in [0.05, 0.1) is 12.2 Å². The van der Waals surface area contributed by atoms with Crippen LogP contribution in [-0.2, 0) is 11.2 Å². The van der Waals surface area contributed by atoms with Gasteiger partial charge in [-0.1, -0.05) is 18.2 Å². The molecule has 4 rings (SSSR count). The van der Waals surface area contributed by atoms with Crippen molar-refractivity contribution in [1.82, 2.24) is 9.88 Å². The molecular weight excluding hydrogens is 344 g/mol. The molecule has 1 aromatic carbocycles. The average molecular weight is 370 g/mol. The minimum Gasteiger partial charge on any atom is -0.393 e. The molecule has 1 fully saturated rings. The van der Waals surface area contributed by atoms with Crippen LogP contribution in [0.25, 0.3) is 10.9 Å². The summed E-state index contributed by atoms with van der Waals surface area (Å²) in [5, 5.41) is 32.6. The van der Waals surface area contributed by atoms with Crippen LogP contribution in [0.3, 0.4) is 0 Å². The maximum atomic E-state index is 12.2. The maximum absolute atomic E-state index is 12.2. The van der Waals surface area contributed by atoms with E-state index in [0.29, 0.717) is 31.4 Å². The average Bonchev–Trinajstić information content (AvgIpc) is 3.23. The van der Waals surface area contributed by atoms with E-state index in [1.807, 2.05) is 24.4 Å². The number of benzene rings is 1. The second-order valence-electron chi connectivity index (χ2n) is 7.83. The normalized spacial score (nSPS) is 30.4. The number of fused-ring (bicyclic) bond motifs is 2. The summed E-state index contributed by atoms with van der Waals surface area (Å²) in [5.74, 6) is -0.815. The number of nitrogens with one attached hydrogen (secondary N) is 1. The number of para-hydroxylation sites is 1. The van der Waals surface area contributed by atoms with Gasteiger partial charge in [0.2, 0.25) is 0 Å². The molecule has 4 N–H and O–H groups in total.